The van der Waals surface area contributed by atoms with Gasteiger partial charge in [-0.3, -0.25) is 14.4 Å². The molecule has 3 aromatic rings. The molecule has 0 aromatic carbocycles. The van der Waals surface area contributed by atoms with E-state index in [0.29, 0.717) is 54.4 Å². The Kier molecular flexibility index (Phi) is 7.74. The molecule has 1 saturated heterocycles. The second-order valence-electron chi connectivity index (χ2n) is 9.50. The third-order valence-electron chi connectivity index (χ3n) is 7.42. The number of carbonyl (C=O) groups excluding carboxylic acids is 3. The fraction of sp³-hybridized carbons (Fsp3) is 0.480. The summed E-state index contributed by atoms with van der Waals surface area (Å²) in [7, 11) is 3.20. The summed E-state index contributed by atoms with van der Waals surface area (Å²) in [6, 6.07) is 5.63. The van der Waals surface area contributed by atoms with E-state index < -0.39 is 5.41 Å². The van der Waals surface area contributed by atoms with Crippen molar-refractivity contribution < 1.29 is 14.4 Å². The van der Waals surface area contributed by atoms with E-state index in [4.69, 9.17) is 0 Å². The highest BCUT2D eigenvalue weighted by molar-refractivity contribution is 7.15. The van der Waals surface area contributed by atoms with Crippen LogP contribution in [0, 0.1) is 11.3 Å². The second-order valence-corrected chi connectivity index (χ2v) is 11.8. The van der Waals surface area contributed by atoms with Crippen molar-refractivity contribution in [2.45, 2.75) is 43.6 Å². The van der Waals surface area contributed by atoms with Gasteiger partial charge in [0.2, 0.25) is 5.91 Å². The number of H-pyrrole nitrogens is 1. The van der Waals surface area contributed by atoms with E-state index in [-0.39, 0.29) is 30.3 Å². The van der Waals surface area contributed by atoms with Crippen LogP contribution in [-0.2, 0) is 23.1 Å². The first-order valence-corrected chi connectivity index (χ1v) is 14.4. The molecule has 4 heterocycles. The Morgan fingerprint density at radius 2 is 1.77 bits per heavy atom. The van der Waals surface area contributed by atoms with Crippen molar-refractivity contribution in [2.75, 3.05) is 33.7 Å². The van der Waals surface area contributed by atoms with Crippen molar-refractivity contribution in [1.29, 1.82) is 5.26 Å². The monoisotopic (exact) mass is 567 g/mol. The maximum atomic E-state index is 12.8. The van der Waals surface area contributed by atoms with Crippen LogP contribution >= 0.6 is 22.7 Å². The van der Waals surface area contributed by atoms with Gasteiger partial charge in [0.05, 0.1) is 27.8 Å². The number of aryl methyl sites for hydroxylation is 2. The van der Waals surface area contributed by atoms with Gasteiger partial charge in [-0.05, 0) is 61.9 Å². The number of carbonyl (C=O) groups is 3. The van der Waals surface area contributed by atoms with Gasteiger partial charge in [-0.15, -0.1) is 32.9 Å². The van der Waals surface area contributed by atoms with Crippen LogP contribution in [-0.4, -0.2) is 83.0 Å². The molecule has 1 fully saturated rings. The number of aromatic amines is 1. The van der Waals surface area contributed by atoms with E-state index in [0.717, 1.165) is 27.3 Å². The van der Waals surface area contributed by atoms with Crippen molar-refractivity contribution in [1.82, 2.24) is 41.5 Å². The summed E-state index contributed by atoms with van der Waals surface area (Å²) >= 11 is 2.90. The normalized spacial score (nSPS) is 17.6. The number of aromatic nitrogens is 4. The molecule has 0 bridgehead atoms. The van der Waals surface area contributed by atoms with E-state index in [1.165, 1.54) is 22.7 Å². The van der Waals surface area contributed by atoms with Crippen LogP contribution in [0.15, 0.2) is 12.1 Å². The highest BCUT2D eigenvalue weighted by Gasteiger charge is 2.46. The number of fused-ring (bicyclic) bond motifs is 2. The molecule has 3 aromatic heterocycles. The molecule has 39 heavy (non-hydrogen) atoms. The number of likely N-dealkylation sites (tertiary alicyclic amines) is 1. The number of rotatable bonds is 8. The van der Waals surface area contributed by atoms with Gasteiger partial charge in [0, 0.05) is 30.4 Å². The summed E-state index contributed by atoms with van der Waals surface area (Å²) in [6.45, 7) is 1.10. The lowest BCUT2D eigenvalue weighted by atomic mass is 9.71. The molecular weight excluding hydrogens is 538 g/mol. The minimum Gasteiger partial charge on any atom is -0.354 e. The van der Waals surface area contributed by atoms with Crippen LogP contribution in [0.2, 0.25) is 0 Å². The number of nitriles is 1. The second kappa shape index (κ2) is 11.2. The topological polar surface area (TPSA) is 169 Å². The average molecular weight is 568 g/mol. The average Bonchev–Trinajstić information content (AvgIpc) is 3.77. The summed E-state index contributed by atoms with van der Waals surface area (Å²) in [5, 5.41) is 33.3. The maximum Gasteiger partial charge on any atom is 0.261 e. The van der Waals surface area contributed by atoms with Gasteiger partial charge in [-0.1, -0.05) is 5.21 Å². The summed E-state index contributed by atoms with van der Waals surface area (Å²) in [5.41, 5.74) is 0.910. The fourth-order valence-corrected chi connectivity index (χ4v) is 7.90. The SMILES string of the molecule is CNC(=O)c1cc2c(s1)CCc1sc(C(=O)NC)cc1C2(CCNCC(=O)N1CCC[C@H]1C#N)c1nn[nH]n1. The molecule has 0 saturated carbocycles. The maximum absolute atomic E-state index is 12.8. The van der Waals surface area contributed by atoms with Gasteiger partial charge >= 0.3 is 0 Å². The van der Waals surface area contributed by atoms with Gasteiger partial charge in [0.15, 0.2) is 5.82 Å². The number of hydrogen-bond acceptors (Lipinski definition) is 10. The molecule has 1 aliphatic carbocycles. The zero-order valence-electron chi connectivity index (χ0n) is 21.7. The van der Waals surface area contributed by atoms with Gasteiger partial charge < -0.3 is 20.9 Å². The van der Waals surface area contributed by atoms with E-state index in [1.54, 1.807) is 19.0 Å². The van der Waals surface area contributed by atoms with Crippen LogP contribution in [0.3, 0.4) is 0 Å². The molecule has 0 unspecified atom stereocenters. The first kappa shape index (κ1) is 26.9. The Balaban J connectivity index is 1.53. The molecule has 1 atom stereocenters. The van der Waals surface area contributed by atoms with E-state index in [9.17, 15) is 19.6 Å². The van der Waals surface area contributed by atoms with Crippen molar-refractivity contribution >= 4 is 40.4 Å². The Labute approximate surface area is 233 Å². The fourth-order valence-electron chi connectivity index (χ4n) is 5.53. The first-order chi connectivity index (χ1) is 18.9. The lowest BCUT2D eigenvalue weighted by Gasteiger charge is -2.31. The molecule has 12 nitrogen and oxygen atoms in total. The van der Waals surface area contributed by atoms with E-state index in [1.807, 2.05) is 12.1 Å². The number of thiophene rings is 2. The lowest BCUT2D eigenvalue weighted by molar-refractivity contribution is -0.130. The molecule has 1 aliphatic heterocycles. The van der Waals surface area contributed by atoms with Crippen molar-refractivity contribution in [3.63, 3.8) is 0 Å². The van der Waals surface area contributed by atoms with Crippen molar-refractivity contribution in [3.05, 3.63) is 48.6 Å². The van der Waals surface area contributed by atoms with Crippen LogP contribution < -0.4 is 16.0 Å². The number of hydrogen-bond donors (Lipinski definition) is 4. The molecule has 204 valence electrons. The molecule has 4 N–H and O–H groups in total. The number of nitrogens with one attached hydrogen (secondary N) is 4. The summed E-state index contributed by atoms with van der Waals surface area (Å²) in [5.74, 6) is -0.0162. The molecule has 14 heteroatoms. The lowest BCUT2D eigenvalue weighted by Crippen LogP contribution is -2.42. The van der Waals surface area contributed by atoms with Crippen LogP contribution in [0.5, 0.6) is 0 Å². The minimum absolute atomic E-state index is 0.0977. The third-order valence-corrected chi connectivity index (χ3v) is 9.81. The summed E-state index contributed by atoms with van der Waals surface area (Å²) < 4.78 is 0. The van der Waals surface area contributed by atoms with Gasteiger partial charge in [-0.25, -0.2) is 0 Å². The Morgan fingerprint density at radius 1 is 1.13 bits per heavy atom. The zero-order chi connectivity index (χ0) is 27.6. The quantitative estimate of drug-likeness (QED) is 0.292. The minimum atomic E-state index is -0.904. The van der Waals surface area contributed by atoms with Gasteiger partial charge in [0.25, 0.3) is 11.8 Å². The van der Waals surface area contributed by atoms with Crippen LogP contribution in [0.25, 0.3) is 0 Å². The van der Waals surface area contributed by atoms with Crippen LogP contribution in [0.1, 0.15) is 65.3 Å². The highest BCUT2D eigenvalue weighted by atomic mass is 32.1. The Hall–Kier alpha value is -3.67. The summed E-state index contributed by atoms with van der Waals surface area (Å²) in [4.78, 5) is 43.0. The van der Waals surface area contributed by atoms with Crippen molar-refractivity contribution in [3.8, 4) is 6.07 Å². The first-order valence-electron chi connectivity index (χ1n) is 12.8. The van der Waals surface area contributed by atoms with Gasteiger partial charge in [-0.2, -0.15) is 10.5 Å². The standard InChI is InChI=1S/C25H29N9O3S2/c1-27-22(36)19-10-15-17(38-19)5-6-18-16(11-20(39-18)23(37)28-2)25(15,24-30-32-33-31-24)7-8-29-13-21(35)34-9-3-4-14(34)12-26/h10-11,14,29H,3-9,13H2,1-2H3,(H,27,36)(H,28,37)(H,30,31,32,33)/t14-/m0/s1. The van der Waals surface area contributed by atoms with E-state index >= 15 is 0 Å². The molecule has 3 amide bonds. The molecule has 5 rings (SSSR count). The highest BCUT2D eigenvalue weighted by Crippen LogP contribution is 2.50. The smallest absolute Gasteiger partial charge is 0.261 e. The summed E-state index contributed by atoms with van der Waals surface area (Å²) in [6.07, 6.45) is 3.39. The predicted octanol–water partition coefficient (Wildman–Crippen LogP) is 0.969. The number of amides is 3. The largest absolute Gasteiger partial charge is 0.354 e. The Morgan fingerprint density at radius 3 is 2.31 bits per heavy atom. The van der Waals surface area contributed by atoms with Gasteiger partial charge in [0.1, 0.15) is 6.04 Å². The molecule has 0 radical (unpaired) electrons. The van der Waals surface area contributed by atoms with Crippen molar-refractivity contribution in [2.24, 2.45) is 0 Å². The number of nitrogens with zero attached hydrogens (tertiary/aromatic N) is 5. The van der Waals surface area contributed by atoms with E-state index in [2.05, 4.69) is 42.6 Å². The van der Waals surface area contributed by atoms with Crippen LogP contribution in [0.4, 0.5) is 0 Å². The molecule has 2 aliphatic rings. The molecule has 0 spiro atoms. The number of tetrazole rings is 1. The zero-order valence-corrected chi connectivity index (χ0v) is 23.3. The Bertz CT molecular complexity index is 1360. The predicted molar refractivity (Wildman–Crippen MR) is 145 cm³/mol. The molecular formula is C25H29N9O3S2. The third kappa shape index (κ3) is 4.81.